The molecule has 1 aliphatic rings. The number of carbonyl (C=O) groups is 1. The van der Waals surface area contributed by atoms with Crippen LogP contribution in [0.25, 0.3) is 11.5 Å². The molecule has 39 heavy (non-hydrogen) atoms. The first-order valence-corrected chi connectivity index (χ1v) is 12.1. The molecule has 2 aromatic heterocycles. The van der Waals surface area contributed by atoms with Gasteiger partial charge in [0.15, 0.2) is 23.1 Å². The van der Waals surface area contributed by atoms with Crippen molar-refractivity contribution in [2.24, 2.45) is 0 Å². The Hall–Kier alpha value is -4.12. The fraction of sp³-hybridized carbons (Fsp3) is 0.250. The lowest BCUT2D eigenvalue weighted by Gasteiger charge is -2.39. The molecule has 6 nitrogen and oxygen atoms in total. The van der Waals surface area contributed by atoms with Crippen LogP contribution >= 0.6 is 0 Å². The number of alkyl halides is 3. The summed E-state index contributed by atoms with van der Waals surface area (Å²) in [5, 5.41) is 10.9. The molecular formula is C28H22F5N3O3. The van der Waals surface area contributed by atoms with Gasteiger partial charge < -0.3 is 14.4 Å². The van der Waals surface area contributed by atoms with Crippen molar-refractivity contribution in [2.45, 2.75) is 31.0 Å². The van der Waals surface area contributed by atoms with Crippen molar-refractivity contribution in [1.29, 1.82) is 0 Å². The molecular weight excluding hydrogens is 521 g/mol. The second-order valence-electron chi connectivity index (χ2n) is 9.31. The largest absolute Gasteiger partial charge is 0.452 e. The Balaban J connectivity index is 1.28. The highest BCUT2D eigenvalue weighted by Gasteiger charge is 2.42. The van der Waals surface area contributed by atoms with Crippen molar-refractivity contribution < 1.29 is 36.3 Å². The second-order valence-corrected chi connectivity index (χ2v) is 9.31. The highest BCUT2D eigenvalue weighted by Crippen LogP contribution is 2.37. The molecule has 4 aromatic rings. The van der Waals surface area contributed by atoms with Gasteiger partial charge >= 0.3 is 6.18 Å². The standard InChI is InChI=1S/C28H22F5N3O3/c29-20-8-4-7-19(23(20)30)27(38)11-13-36(14-12-27)22-10-9-17(16-34-22)15-21(37)24-25(28(31,32)33)39-26(35-24)18-5-2-1-3-6-18/h1-10,16,38H,11-15H2. The summed E-state index contributed by atoms with van der Waals surface area (Å²) in [6.07, 6.45) is -3.64. The van der Waals surface area contributed by atoms with E-state index in [2.05, 4.69) is 9.97 Å². The zero-order chi connectivity index (χ0) is 27.8. The van der Waals surface area contributed by atoms with E-state index in [1.54, 1.807) is 30.3 Å². The van der Waals surface area contributed by atoms with E-state index in [9.17, 15) is 31.9 Å². The van der Waals surface area contributed by atoms with Gasteiger partial charge in [0.05, 0.1) is 5.60 Å². The normalized spacial score (nSPS) is 15.4. The predicted octanol–water partition coefficient (Wildman–Crippen LogP) is 5.95. The monoisotopic (exact) mass is 543 g/mol. The van der Waals surface area contributed by atoms with Crippen molar-refractivity contribution in [3.63, 3.8) is 0 Å². The van der Waals surface area contributed by atoms with Crippen molar-refractivity contribution in [3.05, 3.63) is 101 Å². The number of benzene rings is 2. The molecule has 2 aromatic carbocycles. The van der Waals surface area contributed by atoms with Crippen LogP contribution in [0.2, 0.25) is 0 Å². The first kappa shape index (κ1) is 26.5. The molecule has 0 saturated carbocycles. The number of oxazole rings is 1. The minimum atomic E-state index is -4.91. The van der Waals surface area contributed by atoms with Crippen LogP contribution in [0.3, 0.4) is 0 Å². The summed E-state index contributed by atoms with van der Waals surface area (Å²) in [5.74, 6) is -4.22. The number of hydrogen-bond acceptors (Lipinski definition) is 6. The number of pyridine rings is 1. The maximum absolute atomic E-state index is 14.2. The fourth-order valence-electron chi connectivity index (χ4n) is 4.62. The first-order chi connectivity index (χ1) is 18.5. The third kappa shape index (κ3) is 5.40. The van der Waals surface area contributed by atoms with Gasteiger partial charge in [-0.05, 0) is 42.7 Å². The van der Waals surface area contributed by atoms with Gasteiger partial charge in [-0.3, -0.25) is 4.79 Å². The van der Waals surface area contributed by atoms with Crippen LogP contribution in [-0.4, -0.2) is 33.9 Å². The number of Topliss-reactive ketones (excluding diaryl/α,β-unsaturated/α-hetero) is 1. The molecule has 1 N–H and O–H groups in total. The molecule has 0 unspecified atom stereocenters. The van der Waals surface area contributed by atoms with E-state index in [4.69, 9.17) is 4.42 Å². The van der Waals surface area contributed by atoms with Crippen molar-refractivity contribution in [2.75, 3.05) is 18.0 Å². The fourth-order valence-corrected chi connectivity index (χ4v) is 4.62. The molecule has 0 spiro atoms. The van der Waals surface area contributed by atoms with Crippen LogP contribution in [0.15, 0.2) is 71.3 Å². The molecule has 0 aliphatic carbocycles. The second kappa shape index (κ2) is 10.2. The van der Waals surface area contributed by atoms with E-state index < -0.39 is 40.6 Å². The maximum Gasteiger partial charge on any atom is 0.452 e. The van der Waals surface area contributed by atoms with E-state index in [1.807, 2.05) is 4.90 Å². The number of anilines is 1. The van der Waals surface area contributed by atoms with Crippen LogP contribution < -0.4 is 4.90 Å². The molecule has 1 saturated heterocycles. The summed E-state index contributed by atoms with van der Waals surface area (Å²) >= 11 is 0. The maximum atomic E-state index is 14.2. The average Bonchev–Trinajstić information content (AvgIpc) is 3.39. The van der Waals surface area contributed by atoms with Gasteiger partial charge in [0.25, 0.3) is 0 Å². The van der Waals surface area contributed by atoms with Gasteiger partial charge in [-0.25, -0.2) is 18.7 Å². The van der Waals surface area contributed by atoms with E-state index in [0.29, 0.717) is 30.0 Å². The molecule has 0 amide bonds. The lowest BCUT2D eigenvalue weighted by atomic mass is 9.84. The zero-order valence-electron chi connectivity index (χ0n) is 20.4. The number of carbonyl (C=O) groups excluding carboxylic acids is 1. The van der Waals surface area contributed by atoms with Crippen LogP contribution in [0.5, 0.6) is 0 Å². The Morgan fingerprint density at radius 1 is 1.00 bits per heavy atom. The molecule has 1 aliphatic heterocycles. The molecule has 11 heteroatoms. The predicted molar refractivity (Wildman–Crippen MR) is 131 cm³/mol. The topological polar surface area (TPSA) is 79.5 Å². The summed E-state index contributed by atoms with van der Waals surface area (Å²) in [5.41, 5.74) is -1.74. The lowest BCUT2D eigenvalue weighted by molar-refractivity contribution is -0.153. The molecule has 5 rings (SSSR count). The van der Waals surface area contributed by atoms with Crippen LogP contribution in [0.1, 0.15) is 40.2 Å². The van der Waals surface area contributed by atoms with E-state index >= 15 is 0 Å². The Labute approximate surface area is 219 Å². The lowest BCUT2D eigenvalue weighted by Crippen LogP contribution is -2.43. The summed E-state index contributed by atoms with van der Waals surface area (Å²) in [6.45, 7) is 0.599. The Morgan fingerprint density at radius 2 is 1.72 bits per heavy atom. The minimum absolute atomic E-state index is 0.0922. The number of rotatable bonds is 6. The Kier molecular flexibility index (Phi) is 6.94. The van der Waals surface area contributed by atoms with Crippen LogP contribution in [0.4, 0.5) is 27.8 Å². The van der Waals surface area contributed by atoms with Gasteiger partial charge in [0.2, 0.25) is 11.7 Å². The number of aliphatic hydroxyl groups is 1. The zero-order valence-corrected chi connectivity index (χ0v) is 20.4. The number of ketones is 1. The van der Waals surface area contributed by atoms with Crippen molar-refractivity contribution >= 4 is 11.6 Å². The SMILES string of the molecule is O=C(Cc1ccc(N2CCC(O)(c3cccc(F)c3F)CC2)nc1)c1nc(-c2ccccc2)oc1C(F)(F)F. The van der Waals surface area contributed by atoms with Crippen molar-refractivity contribution in [1.82, 2.24) is 9.97 Å². The van der Waals surface area contributed by atoms with E-state index in [-0.39, 0.29) is 30.7 Å². The number of hydrogen-bond donors (Lipinski definition) is 1. The number of halogens is 5. The van der Waals surface area contributed by atoms with Crippen molar-refractivity contribution in [3.8, 4) is 11.5 Å². The highest BCUT2D eigenvalue weighted by molar-refractivity contribution is 5.97. The molecule has 0 atom stereocenters. The van der Waals surface area contributed by atoms with Gasteiger partial charge in [-0.1, -0.05) is 36.4 Å². The molecule has 202 valence electrons. The smallest absolute Gasteiger partial charge is 0.431 e. The third-order valence-electron chi connectivity index (χ3n) is 6.71. The van der Waals surface area contributed by atoms with E-state index in [0.717, 1.165) is 6.07 Å². The quantitative estimate of drug-likeness (QED) is 0.239. The summed E-state index contributed by atoms with van der Waals surface area (Å²) < 4.78 is 73.6. The third-order valence-corrected chi connectivity index (χ3v) is 6.71. The highest BCUT2D eigenvalue weighted by atomic mass is 19.4. The van der Waals surface area contributed by atoms with Gasteiger partial charge in [-0.15, -0.1) is 0 Å². The number of piperidine rings is 1. The van der Waals surface area contributed by atoms with Crippen LogP contribution in [0, 0.1) is 11.6 Å². The Bertz CT molecular complexity index is 1480. The van der Waals surface area contributed by atoms with Gasteiger partial charge in [0.1, 0.15) is 5.82 Å². The molecule has 1 fully saturated rings. The number of nitrogens with zero attached hydrogens (tertiary/aromatic N) is 3. The summed E-state index contributed by atoms with van der Waals surface area (Å²) in [4.78, 5) is 22.8. The molecule has 0 bridgehead atoms. The Morgan fingerprint density at radius 3 is 2.36 bits per heavy atom. The number of aromatic nitrogens is 2. The van der Waals surface area contributed by atoms with Gasteiger partial charge in [0, 0.05) is 36.8 Å². The van der Waals surface area contributed by atoms with Gasteiger partial charge in [-0.2, -0.15) is 13.2 Å². The average molecular weight is 543 g/mol. The van der Waals surface area contributed by atoms with Crippen LogP contribution in [-0.2, 0) is 18.2 Å². The summed E-state index contributed by atoms with van der Waals surface area (Å²) in [7, 11) is 0. The minimum Gasteiger partial charge on any atom is -0.431 e. The molecule has 3 heterocycles. The molecule has 0 radical (unpaired) electrons. The van der Waals surface area contributed by atoms with E-state index in [1.165, 1.54) is 30.5 Å². The first-order valence-electron chi connectivity index (χ1n) is 12.1. The summed E-state index contributed by atoms with van der Waals surface area (Å²) in [6, 6.07) is 14.8.